The fraction of sp³-hybridized carbons (Fsp3) is 0.130. The van der Waals surface area contributed by atoms with Crippen molar-refractivity contribution in [2.75, 3.05) is 11.9 Å². The number of anilines is 1. The van der Waals surface area contributed by atoms with Crippen LogP contribution >= 0.6 is 23.2 Å². The maximum Gasteiger partial charge on any atom is 0.262 e. The van der Waals surface area contributed by atoms with Gasteiger partial charge in [-0.1, -0.05) is 35.3 Å². The maximum absolute atomic E-state index is 12.4. The quantitative estimate of drug-likeness (QED) is 0.387. The second-order valence-corrected chi connectivity index (χ2v) is 7.67. The van der Waals surface area contributed by atoms with E-state index in [9.17, 15) is 4.79 Å². The molecular formula is C23H18Cl2N2O3. The van der Waals surface area contributed by atoms with Crippen molar-refractivity contribution in [3.05, 3.63) is 75.8 Å². The molecule has 5 nitrogen and oxygen atoms in total. The molecule has 0 spiro atoms. The molecule has 1 N–H and O–H groups in total. The SMILES string of the molecule is Cc1cc(OCC(=O)Nc2ccc(Cl)c(-c3nc4ccccc4o3)c2)cc(C)c1Cl. The van der Waals surface area contributed by atoms with Crippen LogP contribution in [0.2, 0.25) is 10.0 Å². The number of benzene rings is 3. The summed E-state index contributed by atoms with van der Waals surface area (Å²) in [7, 11) is 0. The lowest BCUT2D eigenvalue weighted by atomic mass is 10.1. The summed E-state index contributed by atoms with van der Waals surface area (Å²) in [6.07, 6.45) is 0. The Bertz CT molecular complexity index is 1190. The van der Waals surface area contributed by atoms with E-state index in [2.05, 4.69) is 10.3 Å². The second-order valence-electron chi connectivity index (χ2n) is 6.89. The highest BCUT2D eigenvalue weighted by Gasteiger charge is 2.14. The van der Waals surface area contributed by atoms with Crippen LogP contribution in [0.5, 0.6) is 5.75 Å². The Kier molecular flexibility index (Phi) is 5.66. The van der Waals surface area contributed by atoms with E-state index in [0.29, 0.717) is 38.5 Å². The van der Waals surface area contributed by atoms with Gasteiger partial charge in [0.25, 0.3) is 5.91 Å². The summed E-state index contributed by atoms with van der Waals surface area (Å²) < 4.78 is 11.4. The van der Waals surface area contributed by atoms with E-state index >= 15 is 0 Å². The van der Waals surface area contributed by atoms with E-state index in [-0.39, 0.29) is 12.5 Å². The lowest BCUT2D eigenvalue weighted by Crippen LogP contribution is -2.20. The van der Waals surface area contributed by atoms with Crippen LogP contribution in [-0.2, 0) is 4.79 Å². The van der Waals surface area contributed by atoms with Crippen molar-refractivity contribution < 1.29 is 13.9 Å². The van der Waals surface area contributed by atoms with Gasteiger partial charge in [0.05, 0.1) is 10.6 Å². The van der Waals surface area contributed by atoms with Crippen LogP contribution in [0.3, 0.4) is 0 Å². The Hall–Kier alpha value is -3.02. The molecule has 0 unspecified atom stereocenters. The minimum atomic E-state index is -0.300. The summed E-state index contributed by atoms with van der Waals surface area (Å²) in [6, 6.07) is 16.2. The van der Waals surface area contributed by atoms with Gasteiger partial charge in [-0.15, -0.1) is 0 Å². The first-order valence-corrected chi connectivity index (χ1v) is 10.0. The Morgan fingerprint density at radius 2 is 1.80 bits per heavy atom. The largest absolute Gasteiger partial charge is 0.484 e. The Morgan fingerprint density at radius 1 is 1.07 bits per heavy atom. The molecule has 4 aromatic rings. The zero-order valence-corrected chi connectivity index (χ0v) is 17.8. The van der Waals surface area contributed by atoms with Crippen LogP contribution in [0.1, 0.15) is 11.1 Å². The van der Waals surface area contributed by atoms with Crippen molar-refractivity contribution in [3.8, 4) is 17.2 Å². The topological polar surface area (TPSA) is 64.4 Å². The first-order chi connectivity index (χ1) is 14.4. The first kappa shape index (κ1) is 20.3. The molecule has 152 valence electrons. The minimum Gasteiger partial charge on any atom is -0.484 e. The number of hydrogen-bond donors (Lipinski definition) is 1. The summed E-state index contributed by atoms with van der Waals surface area (Å²) in [5.74, 6) is 0.680. The number of nitrogens with zero attached hydrogens (tertiary/aromatic N) is 1. The zero-order chi connectivity index (χ0) is 21.3. The number of aryl methyl sites for hydroxylation is 2. The van der Waals surface area contributed by atoms with E-state index in [4.69, 9.17) is 32.4 Å². The lowest BCUT2D eigenvalue weighted by molar-refractivity contribution is -0.118. The summed E-state index contributed by atoms with van der Waals surface area (Å²) >= 11 is 12.5. The summed E-state index contributed by atoms with van der Waals surface area (Å²) in [5, 5.41) is 3.97. The molecule has 1 amide bonds. The van der Waals surface area contributed by atoms with Crippen molar-refractivity contribution in [1.29, 1.82) is 0 Å². The van der Waals surface area contributed by atoms with Gasteiger partial charge in [0.2, 0.25) is 5.89 Å². The number of aromatic nitrogens is 1. The molecule has 0 saturated carbocycles. The highest BCUT2D eigenvalue weighted by atomic mass is 35.5. The molecule has 0 aliphatic heterocycles. The van der Waals surface area contributed by atoms with Crippen molar-refractivity contribution in [2.45, 2.75) is 13.8 Å². The van der Waals surface area contributed by atoms with Crippen LogP contribution in [0.15, 0.2) is 59.0 Å². The highest BCUT2D eigenvalue weighted by Crippen LogP contribution is 2.32. The van der Waals surface area contributed by atoms with Crippen molar-refractivity contribution in [1.82, 2.24) is 4.98 Å². The fourth-order valence-corrected chi connectivity index (χ4v) is 3.40. The third-order valence-electron chi connectivity index (χ3n) is 4.55. The van der Waals surface area contributed by atoms with Gasteiger partial charge < -0.3 is 14.5 Å². The van der Waals surface area contributed by atoms with Gasteiger partial charge in [-0.3, -0.25) is 4.79 Å². The number of para-hydroxylation sites is 2. The molecule has 7 heteroatoms. The summed E-state index contributed by atoms with van der Waals surface area (Å²) in [6.45, 7) is 3.65. The number of hydrogen-bond acceptors (Lipinski definition) is 4. The molecule has 0 aliphatic rings. The molecule has 0 saturated heterocycles. The van der Waals surface area contributed by atoms with Crippen LogP contribution in [0.4, 0.5) is 5.69 Å². The van der Waals surface area contributed by atoms with E-state index in [1.165, 1.54) is 0 Å². The van der Waals surface area contributed by atoms with Gasteiger partial charge in [0, 0.05) is 10.7 Å². The van der Waals surface area contributed by atoms with E-state index in [1.807, 2.05) is 38.1 Å². The van der Waals surface area contributed by atoms with Crippen LogP contribution in [0.25, 0.3) is 22.6 Å². The number of carbonyl (C=O) groups is 1. The molecule has 3 aromatic carbocycles. The lowest BCUT2D eigenvalue weighted by Gasteiger charge is -2.11. The molecular weight excluding hydrogens is 423 g/mol. The minimum absolute atomic E-state index is 0.138. The zero-order valence-electron chi connectivity index (χ0n) is 16.3. The normalized spacial score (nSPS) is 10.9. The number of oxazole rings is 1. The molecule has 1 heterocycles. The van der Waals surface area contributed by atoms with Gasteiger partial charge in [-0.05, 0) is 67.4 Å². The van der Waals surface area contributed by atoms with Crippen molar-refractivity contribution in [2.24, 2.45) is 0 Å². The second kappa shape index (κ2) is 8.38. The Balaban J connectivity index is 1.48. The van der Waals surface area contributed by atoms with Gasteiger partial charge in [0.1, 0.15) is 11.3 Å². The number of ether oxygens (including phenoxy) is 1. The molecule has 0 atom stereocenters. The average Bonchev–Trinajstić information content (AvgIpc) is 3.16. The molecule has 0 bridgehead atoms. The van der Waals surface area contributed by atoms with Gasteiger partial charge >= 0.3 is 0 Å². The monoisotopic (exact) mass is 440 g/mol. The number of carbonyl (C=O) groups excluding carboxylic acids is 1. The van der Waals surface area contributed by atoms with Crippen LogP contribution < -0.4 is 10.1 Å². The predicted octanol–water partition coefficient (Wildman–Crippen LogP) is 6.44. The van der Waals surface area contributed by atoms with E-state index in [1.54, 1.807) is 30.3 Å². The Morgan fingerprint density at radius 3 is 2.53 bits per heavy atom. The maximum atomic E-state index is 12.4. The van der Waals surface area contributed by atoms with E-state index < -0.39 is 0 Å². The van der Waals surface area contributed by atoms with Gasteiger partial charge in [-0.2, -0.15) is 0 Å². The van der Waals surface area contributed by atoms with Gasteiger partial charge in [0.15, 0.2) is 12.2 Å². The third-order valence-corrected chi connectivity index (χ3v) is 5.48. The summed E-state index contributed by atoms with van der Waals surface area (Å²) in [5.41, 5.74) is 4.35. The average molecular weight is 441 g/mol. The van der Waals surface area contributed by atoms with E-state index in [0.717, 1.165) is 16.6 Å². The highest BCUT2D eigenvalue weighted by molar-refractivity contribution is 6.33. The molecule has 30 heavy (non-hydrogen) atoms. The number of halogens is 2. The van der Waals surface area contributed by atoms with Gasteiger partial charge in [-0.25, -0.2) is 4.98 Å². The number of amides is 1. The molecule has 0 fully saturated rings. The molecule has 0 aliphatic carbocycles. The molecule has 4 rings (SSSR count). The third kappa shape index (κ3) is 4.27. The Labute approximate surface area is 183 Å². The van der Waals surface area contributed by atoms with Crippen molar-refractivity contribution in [3.63, 3.8) is 0 Å². The van der Waals surface area contributed by atoms with Crippen molar-refractivity contribution >= 4 is 45.9 Å². The predicted molar refractivity (Wildman–Crippen MR) is 120 cm³/mol. The number of nitrogens with one attached hydrogen (secondary N) is 1. The molecule has 0 radical (unpaired) electrons. The van der Waals surface area contributed by atoms with Crippen LogP contribution in [-0.4, -0.2) is 17.5 Å². The number of rotatable bonds is 5. The first-order valence-electron chi connectivity index (χ1n) is 9.25. The smallest absolute Gasteiger partial charge is 0.262 e. The van der Waals surface area contributed by atoms with Crippen LogP contribution in [0, 0.1) is 13.8 Å². The molecule has 1 aromatic heterocycles. The number of fused-ring (bicyclic) bond motifs is 1. The fourth-order valence-electron chi connectivity index (χ4n) is 3.09. The standard InChI is InChI=1S/C23H18Cl2N2O3/c1-13-9-16(10-14(2)22(13)25)29-12-21(28)26-15-7-8-18(24)17(11-15)23-27-19-5-3-4-6-20(19)30-23/h3-11H,12H2,1-2H3,(H,26,28). The summed E-state index contributed by atoms with van der Waals surface area (Å²) in [4.78, 5) is 16.8.